The fourth-order valence-electron chi connectivity index (χ4n) is 4.05. The molecule has 1 N–H and O–H groups in total. The van der Waals surface area contributed by atoms with E-state index in [0.717, 1.165) is 19.6 Å². The van der Waals surface area contributed by atoms with Crippen LogP contribution in [0.3, 0.4) is 0 Å². The van der Waals surface area contributed by atoms with Crippen molar-refractivity contribution in [1.82, 2.24) is 14.2 Å². The Morgan fingerprint density at radius 3 is 2.63 bits per heavy atom. The number of piperidine rings is 1. The fourth-order valence-corrected chi connectivity index (χ4v) is 5.69. The Balaban J connectivity index is 1.36. The number of hydrogen-bond acceptors (Lipinski definition) is 4. The molecule has 1 aromatic carbocycles. The number of rotatable bonds is 6. The van der Waals surface area contributed by atoms with Crippen LogP contribution in [0, 0.1) is 5.82 Å². The zero-order valence-electron chi connectivity index (χ0n) is 15.4. The van der Waals surface area contributed by atoms with Gasteiger partial charge in [-0.05, 0) is 50.9 Å². The summed E-state index contributed by atoms with van der Waals surface area (Å²) in [5.41, 5.74) is 0.494. The SMILES string of the molecule is O=S(=O)(c1c[nH]c2cccc(F)c12)N1CCC(OCCN2CCCC2)CC1. The van der Waals surface area contributed by atoms with Crippen molar-refractivity contribution in [3.63, 3.8) is 0 Å². The van der Waals surface area contributed by atoms with E-state index < -0.39 is 15.8 Å². The third kappa shape index (κ3) is 3.89. The van der Waals surface area contributed by atoms with Gasteiger partial charge in [0, 0.05) is 31.3 Å². The minimum atomic E-state index is -3.73. The lowest BCUT2D eigenvalue weighted by Gasteiger charge is -2.31. The largest absolute Gasteiger partial charge is 0.377 e. The van der Waals surface area contributed by atoms with Gasteiger partial charge in [0.05, 0.1) is 18.1 Å². The predicted molar refractivity (Wildman–Crippen MR) is 102 cm³/mol. The molecule has 1 aromatic heterocycles. The highest BCUT2D eigenvalue weighted by Crippen LogP contribution is 2.29. The van der Waals surface area contributed by atoms with Gasteiger partial charge in [0.2, 0.25) is 10.0 Å². The van der Waals surface area contributed by atoms with Gasteiger partial charge in [0.1, 0.15) is 10.7 Å². The van der Waals surface area contributed by atoms with Gasteiger partial charge in [-0.3, -0.25) is 0 Å². The molecule has 148 valence electrons. The first kappa shape index (κ1) is 18.9. The summed E-state index contributed by atoms with van der Waals surface area (Å²) in [6, 6.07) is 4.53. The van der Waals surface area contributed by atoms with Crippen LogP contribution in [0.1, 0.15) is 25.7 Å². The fraction of sp³-hybridized carbons (Fsp3) is 0.579. The minimum Gasteiger partial charge on any atom is -0.377 e. The van der Waals surface area contributed by atoms with E-state index in [-0.39, 0.29) is 16.4 Å². The van der Waals surface area contributed by atoms with E-state index in [4.69, 9.17) is 4.74 Å². The molecule has 0 aliphatic carbocycles. The zero-order chi connectivity index (χ0) is 18.9. The molecule has 2 aliphatic heterocycles. The molecule has 2 fully saturated rings. The van der Waals surface area contributed by atoms with Crippen molar-refractivity contribution in [2.45, 2.75) is 36.7 Å². The van der Waals surface area contributed by atoms with Crippen LogP contribution in [-0.2, 0) is 14.8 Å². The highest BCUT2D eigenvalue weighted by atomic mass is 32.2. The number of sulfonamides is 1. The summed E-state index contributed by atoms with van der Waals surface area (Å²) in [6.07, 6.45) is 5.37. The van der Waals surface area contributed by atoms with Crippen LogP contribution in [0.2, 0.25) is 0 Å². The monoisotopic (exact) mass is 395 g/mol. The van der Waals surface area contributed by atoms with Crippen LogP contribution in [0.15, 0.2) is 29.3 Å². The van der Waals surface area contributed by atoms with Crippen molar-refractivity contribution in [3.05, 3.63) is 30.2 Å². The molecule has 0 bridgehead atoms. The number of nitrogens with zero attached hydrogens (tertiary/aromatic N) is 2. The molecule has 8 heteroatoms. The Hall–Kier alpha value is -1.48. The van der Waals surface area contributed by atoms with Gasteiger partial charge in [0.25, 0.3) is 0 Å². The maximum Gasteiger partial charge on any atom is 0.245 e. The summed E-state index contributed by atoms with van der Waals surface area (Å²) in [5, 5.41) is 0.140. The second kappa shape index (κ2) is 7.87. The van der Waals surface area contributed by atoms with Gasteiger partial charge in [-0.2, -0.15) is 4.31 Å². The van der Waals surface area contributed by atoms with E-state index >= 15 is 0 Å². The molecule has 0 atom stereocenters. The molecule has 0 radical (unpaired) electrons. The van der Waals surface area contributed by atoms with Gasteiger partial charge in [-0.15, -0.1) is 0 Å². The number of halogens is 1. The van der Waals surface area contributed by atoms with Crippen molar-refractivity contribution in [2.75, 3.05) is 39.3 Å². The Morgan fingerprint density at radius 2 is 1.89 bits per heavy atom. The quantitative estimate of drug-likeness (QED) is 0.817. The summed E-state index contributed by atoms with van der Waals surface area (Å²) in [5.74, 6) is -0.521. The van der Waals surface area contributed by atoms with Gasteiger partial charge in [-0.25, -0.2) is 12.8 Å². The molecular weight excluding hydrogens is 369 g/mol. The predicted octanol–water partition coefficient (Wildman–Crippen LogP) is 2.57. The van der Waals surface area contributed by atoms with Gasteiger partial charge >= 0.3 is 0 Å². The number of aromatic amines is 1. The standard InChI is InChI=1S/C19H26FN3O3S/c20-16-4-3-5-17-19(16)18(14-21-17)27(24,25)23-10-6-15(7-11-23)26-13-12-22-8-1-2-9-22/h3-5,14-15,21H,1-2,6-13H2. The number of aromatic nitrogens is 1. The number of likely N-dealkylation sites (tertiary alicyclic amines) is 1. The van der Waals surface area contributed by atoms with E-state index in [1.54, 1.807) is 12.1 Å². The number of fused-ring (bicyclic) bond motifs is 1. The van der Waals surface area contributed by atoms with Gasteiger partial charge in [-0.1, -0.05) is 6.07 Å². The van der Waals surface area contributed by atoms with Crippen LogP contribution in [0.5, 0.6) is 0 Å². The van der Waals surface area contributed by atoms with Crippen molar-refractivity contribution >= 4 is 20.9 Å². The molecule has 2 aliphatic rings. The van der Waals surface area contributed by atoms with Crippen molar-refractivity contribution in [1.29, 1.82) is 0 Å². The molecule has 27 heavy (non-hydrogen) atoms. The number of nitrogens with one attached hydrogen (secondary N) is 1. The third-order valence-electron chi connectivity index (χ3n) is 5.60. The first-order valence-corrected chi connectivity index (χ1v) is 11.1. The molecule has 0 saturated carbocycles. The van der Waals surface area contributed by atoms with E-state index in [1.807, 2.05) is 0 Å². The number of ether oxygens (including phenoxy) is 1. The molecule has 0 spiro atoms. The average Bonchev–Trinajstić information content (AvgIpc) is 3.33. The lowest BCUT2D eigenvalue weighted by atomic mass is 10.1. The van der Waals surface area contributed by atoms with E-state index in [1.165, 1.54) is 29.4 Å². The summed E-state index contributed by atoms with van der Waals surface area (Å²) < 4.78 is 47.6. The van der Waals surface area contributed by atoms with Gasteiger partial charge in [0.15, 0.2) is 0 Å². The van der Waals surface area contributed by atoms with E-state index in [2.05, 4.69) is 9.88 Å². The van der Waals surface area contributed by atoms with E-state index in [0.29, 0.717) is 38.1 Å². The zero-order valence-corrected chi connectivity index (χ0v) is 16.2. The van der Waals surface area contributed by atoms with Crippen LogP contribution in [0.25, 0.3) is 10.9 Å². The third-order valence-corrected chi connectivity index (χ3v) is 7.52. The van der Waals surface area contributed by atoms with Gasteiger partial charge < -0.3 is 14.6 Å². The smallest absolute Gasteiger partial charge is 0.245 e. The normalized spacial score (nSPS) is 20.6. The second-order valence-electron chi connectivity index (χ2n) is 7.34. The number of benzene rings is 1. The number of hydrogen-bond donors (Lipinski definition) is 1. The Kier molecular flexibility index (Phi) is 5.50. The summed E-state index contributed by atoms with van der Waals surface area (Å²) in [4.78, 5) is 5.29. The van der Waals surface area contributed by atoms with Crippen molar-refractivity contribution < 1.29 is 17.5 Å². The topological polar surface area (TPSA) is 65.6 Å². The first-order valence-electron chi connectivity index (χ1n) is 9.65. The molecule has 6 nitrogen and oxygen atoms in total. The Morgan fingerprint density at radius 1 is 1.15 bits per heavy atom. The molecule has 2 saturated heterocycles. The molecule has 2 aromatic rings. The highest BCUT2D eigenvalue weighted by molar-refractivity contribution is 7.89. The average molecular weight is 396 g/mol. The first-order chi connectivity index (χ1) is 13.1. The van der Waals surface area contributed by atoms with Crippen molar-refractivity contribution in [2.24, 2.45) is 0 Å². The summed E-state index contributed by atoms with van der Waals surface area (Å²) in [6.45, 7) is 4.76. The summed E-state index contributed by atoms with van der Waals surface area (Å²) in [7, 11) is -3.73. The lowest BCUT2D eigenvalue weighted by molar-refractivity contribution is 0.0125. The Labute approximate surface area is 159 Å². The Bertz CT molecular complexity index is 885. The van der Waals surface area contributed by atoms with E-state index in [9.17, 15) is 12.8 Å². The molecule has 4 rings (SSSR count). The van der Waals surface area contributed by atoms with Crippen molar-refractivity contribution in [3.8, 4) is 0 Å². The maximum atomic E-state index is 14.2. The van der Waals surface area contributed by atoms with Crippen LogP contribution < -0.4 is 0 Å². The second-order valence-corrected chi connectivity index (χ2v) is 9.24. The molecule has 3 heterocycles. The minimum absolute atomic E-state index is 0.0176. The van der Waals surface area contributed by atoms with Crippen LogP contribution in [-0.4, -0.2) is 68.0 Å². The molecule has 0 amide bonds. The molecular formula is C19H26FN3O3S. The van der Waals surface area contributed by atoms with Crippen LogP contribution >= 0.6 is 0 Å². The number of H-pyrrole nitrogens is 1. The molecule has 0 unspecified atom stereocenters. The lowest BCUT2D eigenvalue weighted by Crippen LogP contribution is -2.41. The summed E-state index contributed by atoms with van der Waals surface area (Å²) >= 11 is 0. The highest BCUT2D eigenvalue weighted by Gasteiger charge is 2.32. The van der Waals surface area contributed by atoms with Crippen LogP contribution in [0.4, 0.5) is 4.39 Å². The maximum absolute atomic E-state index is 14.2.